The predicted octanol–water partition coefficient (Wildman–Crippen LogP) is 5.33. The highest BCUT2D eigenvalue weighted by Gasteiger charge is 2.27. The molecule has 0 fully saturated rings. The highest BCUT2D eigenvalue weighted by molar-refractivity contribution is 7.91. The van der Waals surface area contributed by atoms with Crippen LogP contribution in [0.4, 0.5) is 0 Å². The summed E-state index contributed by atoms with van der Waals surface area (Å²) in [4.78, 5) is 0. The maximum Gasteiger partial charge on any atom is 0.0459 e. The molecular formula is C26H20P2S2. The van der Waals surface area contributed by atoms with Crippen LogP contribution in [0.1, 0.15) is 0 Å². The van der Waals surface area contributed by atoms with Crippen LogP contribution >= 0.6 is 38.5 Å². The lowest BCUT2D eigenvalue weighted by atomic mass is 10.4. The topological polar surface area (TPSA) is 0 Å². The first kappa shape index (κ1) is 19.9. The monoisotopic (exact) mass is 458 g/mol. The van der Waals surface area contributed by atoms with E-state index < -0.39 is 15.8 Å². The number of thiophene rings is 2. The van der Waals surface area contributed by atoms with Gasteiger partial charge >= 0.3 is 0 Å². The van der Waals surface area contributed by atoms with Crippen LogP contribution in [-0.2, 0) is 0 Å². The van der Waals surface area contributed by atoms with Crippen LogP contribution in [0.15, 0.2) is 120 Å². The standard InChI is InChI=1S/C26H20P2S2/c1-4-11-21(12-5-1)27(22-13-6-2-7-14-22)24-18-20-30-26(24)28(25-17-10-19-29-25)23-15-8-3-9-16-23/h1-20H. The summed E-state index contributed by atoms with van der Waals surface area (Å²) in [6, 6.07) is 39.9. The van der Waals surface area contributed by atoms with Crippen molar-refractivity contribution in [3.05, 3.63) is 120 Å². The fourth-order valence-electron chi connectivity index (χ4n) is 3.53. The highest BCUT2D eigenvalue weighted by Crippen LogP contribution is 2.41. The van der Waals surface area contributed by atoms with Gasteiger partial charge in [-0.15, -0.1) is 22.7 Å². The molecule has 4 heteroatoms. The third-order valence-electron chi connectivity index (χ3n) is 4.84. The first-order valence-corrected chi connectivity index (χ1v) is 14.2. The van der Waals surface area contributed by atoms with Crippen LogP contribution < -0.4 is 30.5 Å². The van der Waals surface area contributed by atoms with Crippen molar-refractivity contribution in [3.63, 3.8) is 0 Å². The molecule has 30 heavy (non-hydrogen) atoms. The molecule has 0 aliphatic carbocycles. The molecule has 0 aliphatic rings. The Balaban J connectivity index is 1.70. The van der Waals surface area contributed by atoms with Gasteiger partial charge in [0.2, 0.25) is 0 Å². The smallest absolute Gasteiger partial charge is 0.0459 e. The lowest BCUT2D eigenvalue weighted by Gasteiger charge is -2.23. The van der Waals surface area contributed by atoms with Crippen molar-refractivity contribution >= 4 is 69.0 Å². The Bertz CT molecular complexity index is 1140. The van der Waals surface area contributed by atoms with Crippen molar-refractivity contribution in [3.8, 4) is 0 Å². The Morgan fingerprint density at radius 3 is 1.47 bits per heavy atom. The van der Waals surface area contributed by atoms with Gasteiger partial charge in [-0.05, 0) is 46.7 Å². The molecule has 0 nitrogen and oxygen atoms in total. The number of hydrogen-bond donors (Lipinski definition) is 0. The second-order valence-corrected chi connectivity index (χ2v) is 13.5. The summed E-state index contributed by atoms with van der Waals surface area (Å²) in [6.07, 6.45) is 0. The quantitative estimate of drug-likeness (QED) is 0.302. The van der Waals surface area contributed by atoms with Gasteiger partial charge in [0.05, 0.1) is 0 Å². The number of hydrogen-bond acceptors (Lipinski definition) is 2. The summed E-state index contributed by atoms with van der Waals surface area (Å²) in [5, 5.41) is 10.2. The summed E-state index contributed by atoms with van der Waals surface area (Å²) in [5.41, 5.74) is 0. The van der Waals surface area contributed by atoms with E-state index in [2.05, 4.69) is 120 Å². The van der Waals surface area contributed by atoms with Crippen molar-refractivity contribution in [2.45, 2.75) is 0 Å². The van der Waals surface area contributed by atoms with Crippen LogP contribution in [0.25, 0.3) is 0 Å². The zero-order valence-electron chi connectivity index (χ0n) is 16.3. The molecule has 2 heterocycles. The Morgan fingerprint density at radius 2 is 0.967 bits per heavy atom. The molecular weight excluding hydrogens is 438 g/mol. The number of benzene rings is 3. The normalized spacial score (nSPS) is 12.2. The minimum Gasteiger partial charge on any atom is -0.143 e. The molecule has 5 aromatic rings. The molecule has 3 aromatic carbocycles. The van der Waals surface area contributed by atoms with Crippen LogP contribution in [-0.4, -0.2) is 0 Å². The van der Waals surface area contributed by atoms with Crippen molar-refractivity contribution in [2.24, 2.45) is 0 Å². The molecule has 0 saturated heterocycles. The van der Waals surface area contributed by atoms with Gasteiger partial charge in [0.25, 0.3) is 0 Å². The van der Waals surface area contributed by atoms with Gasteiger partial charge in [-0.2, -0.15) is 0 Å². The van der Waals surface area contributed by atoms with Gasteiger partial charge in [-0.1, -0.05) is 97.1 Å². The van der Waals surface area contributed by atoms with Crippen LogP contribution in [0.3, 0.4) is 0 Å². The van der Waals surface area contributed by atoms with Gasteiger partial charge in [0, 0.05) is 22.5 Å². The van der Waals surface area contributed by atoms with Gasteiger partial charge in [-0.3, -0.25) is 0 Å². The average molecular weight is 459 g/mol. The Kier molecular flexibility index (Phi) is 6.21. The van der Waals surface area contributed by atoms with Crippen LogP contribution in [0, 0.1) is 0 Å². The van der Waals surface area contributed by atoms with E-state index >= 15 is 0 Å². The third kappa shape index (κ3) is 4.07. The van der Waals surface area contributed by atoms with Gasteiger partial charge in [0.15, 0.2) is 0 Å². The summed E-state index contributed by atoms with van der Waals surface area (Å²) in [7, 11) is -1.15. The Hall–Kier alpha value is -2.08. The zero-order valence-corrected chi connectivity index (χ0v) is 19.7. The molecule has 146 valence electrons. The first-order valence-electron chi connectivity index (χ1n) is 9.78. The number of rotatable bonds is 6. The van der Waals surface area contributed by atoms with E-state index in [1.165, 1.54) is 30.5 Å². The molecule has 1 atom stereocenters. The van der Waals surface area contributed by atoms with E-state index in [1.54, 1.807) is 0 Å². The molecule has 0 spiro atoms. The molecule has 0 saturated carbocycles. The average Bonchev–Trinajstić information content (AvgIpc) is 3.50. The minimum atomic E-state index is -0.597. The van der Waals surface area contributed by atoms with E-state index in [0.717, 1.165) is 0 Å². The summed E-state index contributed by atoms with van der Waals surface area (Å²) in [5.74, 6) is 0. The summed E-state index contributed by atoms with van der Waals surface area (Å²) in [6.45, 7) is 0. The molecule has 0 aliphatic heterocycles. The predicted molar refractivity (Wildman–Crippen MR) is 140 cm³/mol. The van der Waals surface area contributed by atoms with Crippen molar-refractivity contribution in [2.75, 3.05) is 0 Å². The molecule has 0 amide bonds. The SMILES string of the molecule is c1ccc(P(c2ccccc2)c2ccsc2P(c2ccccc2)c2cccs2)cc1. The third-order valence-corrected chi connectivity index (χ3v) is 12.8. The van der Waals surface area contributed by atoms with Crippen LogP contribution in [0.2, 0.25) is 0 Å². The van der Waals surface area contributed by atoms with E-state index in [0.29, 0.717) is 0 Å². The maximum atomic E-state index is 2.37. The lowest BCUT2D eigenvalue weighted by Crippen LogP contribution is -2.31. The van der Waals surface area contributed by atoms with E-state index in [9.17, 15) is 0 Å². The van der Waals surface area contributed by atoms with Crippen molar-refractivity contribution < 1.29 is 0 Å². The molecule has 0 radical (unpaired) electrons. The maximum absolute atomic E-state index is 2.37. The van der Waals surface area contributed by atoms with Crippen molar-refractivity contribution in [1.29, 1.82) is 0 Å². The molecule has 0 bridgehead atoms. The van der Waals surface area contributed by atoms with E-state index in [1.807, 2.05) is 22.7 Å². The fraction of sp³-hybridized carbons (Fsp3) is 0. The molecule has 5 rings (SSSR count). The van der Waals surface area contributed by atoms with Gasteiger partial charge < -0.3 is 0 Å². The molecule has 0 N–H and O–H groups in total. The Labute approximate surface area is 188 Å². The molecule has 2 aromatic heterocycles. The Morgan fingerprint density at radius 1 is 0.433 bits per heavy atom. The first-order chi connectivity index (χ1) is 14.9. The van der Waals surface area contributed by atoms with Crippen molar-refractivity contribution in [1.82, 2.24) is 0 Å². The fourth-order valence-corrected chi connectivity index (χ4v) is 12.1. The highest BCUT2D eigenvalue weighted by atomic mass is 32.1. The second-order valence-electron chi connectivity index (χ2n) is 6.74. The summed E-state index contributed by atoms with van der Waals surface area (Å²) < 4.78 is 2.99. The van der Waals surface area contributed by atoms with Gasteiger partial charge in [-0.25, -0.2) is 0 Å². The second kappa shape index (κ2) is 9.38. The largest absolute Gasteiger partial charge is 0.143 e. The van der Waals surface area contributed by atoms with Gasteiger partial charge in [0.1, 0.15) is 0 Å². The summed E-state index contributed by atoms with van der Waals surface area (Å²) >= 11 is 3.80. The molecule has 1 unspecified atom stereocenters. The lowest BCUT2D eigenvalue weighted by molar-refractivity contribution is 1.75. The van der Waals surface area contributed by atoms with E-state index in [4.69, 9.17) is 0 Å². The van der Waals surface area contributed by atoms with Crippen LogP contribution in [0.5, 0.6) is 0 Å². The zero-order chi connectivity index (χ0) is 20.2. The van der Waals surface area contributed by atoms with E-state index in [-0.39, 0.29) is 0 Å². The minimum absolute atomic E-state index is 0.553.